The minimum absolute atomic E-state index is 0.0658. The second-order valence-electron chi connectivity index (χ2n) is 7.39. The molecule has 1 aliphatic heterocycles. The van der Waals surface area contributed by atoms with Crippen LogP contribution in [0.3, 0.4) is 0 Å². The van der Waals surface area contributed by atoms with Crippen LogP contribution >= 0.6 is 11.6 Å². The molecule has 0 spiro atoms. The number of amides is 1. The van der Waals surface area contributed by atoms with Crippen LogP contribution in [0.2, 0.25) is 5.02 Å². The molecule has 0 bridgehead atoms. The molecule has 2 fully saturated rings. The lowest BCUT2D eigenvalue weighted by atomic mass is 9.75. The van der Waals surface area contributed by atoms with Gasteiger partial charge in [0.05, 0.1) is 5.02 Å². The van der Waals surface area contributed by atoms with Gasteiger partial charge in [-0.2, -0.15) is 0 Å². The molecule has 0 radical (unpaired) electrons. The van der Waals surface area contributed by atoms with Crippen LogP contribution in [0.1, 0.15) is 48.4 Å². The summed E-state index contributed by atoms with van der Waals surface area (Å²) in [4.78, 5) is 14.6. The molecule has 2 aliphatic rings. The van der Waals surface area contributed by atoms with Gasteiger partial charge in [0.1, 0.15) is 18.2 Å². The molecule has 27 heavy (non-hydrogen) atoms. The number of rotatable bonds is 4. The normalized spacial score (nSPS) is 22.4. The molecule has 4 rings (SSSR count). The fourth-order valence-electron chi connectivity index (χ4n) is 4.17. The topological polar surface area (TPSA) is 55.6 Å². The number of benzene rings is 1. The zero-order valence-corrected chi connectivity index (χ0v) is 15.8. The first-order valence-corrected chi connectivity index (χ1v) is 9.80. The molecule has 144 valence electrons. The first-order valence-electron chi connectivity index (χ1n) is 9.43. The monoisotopic (exact) mass is 392 g/mol. The van der Waals surface area contributed by atoms with Crippen molar-refractivity contribution in [3.63, 3.8) is 0 Å². The summed E-state index contributed by atoms with van der Waals surface area (Å²) >= 11 is 5.94. The molecule has 1 aliphatic carbocycles. The van der Waals surface area contributed by atoms with Crippen molar-refractivity contribution in [1.29, 1.82) is 0 Å². The van der Waals surface area contributed by atoms with Gasteiger partial charge in [0, 0.05) is 19.2 Å². The molecule has 7 heteroatoms. The highest BCUT2D eigenvalue weighted by atomic mass is 35.5. The van der Waals surface area contributed by atoms with E-state index >= 15 is 0 Å². The van der Waals surface area contributed by atoms with E-state index in [4.69, 9.17) is 20.9 Å². The van der Waals surface area contributed by atoms with Crippen LogP contribution in [0.5, 0.6) is 5.75 Å². The average molecular weight is 393 g/mol. The third kappa shape index (κ3) is 4.10. The van der Waals surface area contributed by atoms with E-state index in [-0.39, 0.29) is 17.5 Å². The van der Waals surface area contributed by atoms with Gasteiger partial charge in [-0.1, -0.05) is 36.0 Å². The number of piperidine rings is 1. The van der Waals surface area contributed by atoms with E-state index in [1.807, 2.05) is 4.90 Å². The Morgan fingerprint density at radius 3 is 2.89 bits per heavy atom. The van der Waals surface area contributed by atoms with Crippen molar-refractivity contribution in [2.45, 2.75) is 38.7 Å². The van der Waals surface area contributed by atoms with E-state index in [1.165, 1.54) is 43.9 Å². The summed E-state index contributed by atoms with van der Waals surface area (Å²) in [7, 11) is 0. The molecule has 0 N–H and O–H groups in total. The van der Waals surface area contributed by atoms with Crippen LogP contribution in [0.25, 0.3) is 0 Å². The summed E-state index contributed by atoms with van der Waals surface area (Å²) in [5, 5.41) is 4.09. The molecular formula is C20H22ClFN2O3. The van der Waals surface area contributed by atoms with Crippen LogP contribution in [0, 0.1) is 17.7 Å². The Balaban J connectivity index is 1.36. The summed E-state index contributed by atoms with van der Waals surface area (Å²) in [6.45, 7) is 1.66. The second kappa shape index (κ2) is 7.89. The Kier molecular flexibility index (Phi) is 5.34. The molecule has 2 heterocycles. The summed E-state index contributed by atoms with van der Waals surface area (Å²) in [5.74, 6) is 1.64. The summed E-state index contributed by atoms with van der Waals surface area (Å²) < 4.78 is 23.8. The molecule has 1 aromatic carbocycles. The van der Waals surface area contributed by atoms with E-state index in [0.29, 0.717) is 23.1 Å². The molecule has 0 unspecified atom stereocenters. The SMILES string of the molecule is O=C(c1cc(COc2ccc(F)cc2Cl)on1)N1CC[C@@H]2CCCC[C@H]2C1. The number of aromatic nitrogens is 1. The van der Waals surface area contributed by atoms with Crippen molar-refractivity contribution in [3.05, 3.63) is 46.6 Å². The molecule has 1 amide bonds. The Bertz CT molecular complexity index is 825. The van der Waals surface area contributed by atoms with Crippen LogP contribution in [0.15, 0.2) is 28.8 Å². The number of hydrogen-bond acceptors (Lipinski definition) is 4. The maximum Gasteiger partial charge on any atom is 0.276 e. The van der Waals surface area contributed by atoms with Crippen LogP contribution < -0.4 is 4.74 Å². The van der Waals surface area contributed by atoms with E-state index < -0.39 is 5.82 Å². The minimum atomic E-state index is -0.429. The van der Waals surface area contributed by atoms with E-state index in [2.05, 4.69) is 5.16 Å². The Hall–Kier alpha value is -2.08. The van der Waals surface area contributed by atoms with Crippen LogP contribution in [-0.4, -0.2) is 29.1 Å². The standard InChI is InChI=1S/C20H22ClFN2O3/c21-17-9-15(22)5-6-19(17)26-12-16-10-18(23-27-16)20(25)24-8-7-13-3-1-2-4-14(13)11-24/h5-6,9-10,13-14H,1-4,7-8,11-12H2/t13-,14-/m0/s1. The molecule has 1 saturated carbocycles. The maximum atomic E-state index is 13.1. The van der Waals surface area contributed by atoms with Gasteiger partial charge < -0.3 is 14.2 Å². The fourth-order valence-corrected chi connectivity index (χ4v) is 4.39. The predicted octanol–water partition coefficient (Wildman–Crippen LogP) is 4.70. The quantitative estimate of drug-likeness (QED) is 0.756. The van der Waals surface area contributed by atoms with Crippen LogP contribution in [-0.2, 0) is 6.61 Å². The first-order chi connectivity index (χ1) is 13.1. The first kappa shape index (κ1) is 18.3. The minimum Gasteiger partial charge on any atom is -0.484 e. The van der Waals surface area contributed by atoms with Gasteiger partial charge in [-0.25, -0.2) is 4.39 Å². The van der Waals surface area contributed by atoms with Gasteiger partial charge in [-0.3, -0.25) is 4.79 Å². The smallest absolute Gasteiger partial charge is 0.276 e. The third-order valence-electron chi connectivity index (χ3n) is 5.62. The Labute approximate surface area is 162 Å². The highest BCUT2D eigenvalue weighted by Crippen LogP contribution is 2.36. The molecule has 5 nitrogen and oxygen atoms in total. The number of fused-ring (bicyclic) bond motifs is 1. The molecular weight excluding hydrogens is 371 g/mol. The largest absolute Gasteiger partial charge is 0.484 e. The molecule has 1 aromatic heterocycles. The summed E-state index contributed by atoms with van der Waals surface area (Å²) in [6, 6.07) is 5.51. The van der Waals surface area contributed by atoms with Gasteiger partial charge in [0.25, 0.3) is 5.91 Å². The average Bonchev–Trinajstić information content (AvgIpc) is 3.15. The zero-order valence-electron chi connectivity index (χ0n) is 15.0. The van der Waals surface area contributed by atoms with Crippen molar-refractivity contribution in [2.75, 3.05) is 13.1 Å². The lowest BCUT2D eigenvalue weighted by Crippen LogP contribution is -2.44. The van der Waals surface area contributed by atoms with Gasteiger partial charge in [0.2, 0.25) is 0 Å². The molecule has 1 saturated heterocycles. The lowest BCUT2D eigenvalue weighted by molar-refractivity contribution is 0.0511. The molecule has 2 aromatic rings. The Morgan fingerprint density at radius 2 is 2.07 bits per heavy atom. The number of hydrogen-bond donors (Lipinski definition) is 0. The van der Waals surface area contributed by atoms with Gasteiger partial charge in [-0.05, 0) is 42.9 Å². The third-order valence-corrected chi connectivity index (χ3v) is 5.92. The number of likely N-dealkylation sites (tertiary alicyclic amines) is 1. The number of carbonyl (C=O) groups is 1. The predicted molar refractivity (Wildman–Crippen MR) is 98.2 cm³/mol. The molecule has 2 atom stereocenters. The number of nitrogens with zero attached hydrogens (tertiary/aromatic N) is 2. The highest BCUT2D eigenvalue weighted by molar-refractivity contribution is 6.32. The number of carbonyl (C=O) groups excluding carboxylic acids is 1. The highest BCUT2D eigenvalue weighted by Gasteiger charge is 2.34. The van der Waals surface area contributed by atoms with Crippen molar-refractivity contribution in [2.24, 2.45) is 11.8 Å². The Morgan fingerprint density at radius 1 is 1.26 bits per heavy atom. The zero-order chi connectivity index (χ0) is 18.8. The lowest BCUT2D eigenvalue weighted by Gasteiger charge is -2.41. The summed E-state index contributed by atoms with van der Waals surface area (Å²) in [6.07, 6.45) is 6.17. The second-order valence-corrected chi connectivity index (χ2v) is 7.79. The van der Waals surface area contributed by atoms with Gasteiger partial charge in [0.15, 0.2) is 11.5 Å². The fraction of sp³-hybridized carbons (Fsp3) is 0.500. The number of halogens is 2. The van der Waals surface area contributed by atoms with Crippen LogP contribution in [0.4, 0.5) is 4.39 Å². The van der Waals surface area contributed by atoms with Crippen molar-refractivity contribution in [3.8, 4) is 5.75 Å². The maximum absolute atomic E-state index is 13.1. The van der Waals surface area contributed by atoms with E-state index in [0.717, 1.165) is 25.4 Å². The van der Waals surface area contributed by atoms with Crippen molar-refractivity contribution in [1.82, 2.24) is 10.1 Å². The summed E-state index contributed by atoms with van der Waals surface area (Å²) in [5.41, 5.74) is 0.299. The van der Waals surface area contributed by atoms with Gasteiger partial charge >= 0.3 is 0 Å². The number of ether oxygens (including phenoxy) is 1. The van der Waals surface area contributed by atoms with E-state index in [9.17, 15) is 9.18 Å². The van der Waals surface area contributed by atoms with Crippen molar-refractivity contribution >= 4 is 17.5 Å². The van der Waals surface area contributed by atoms with Gasteiger partial charge in [-0.15, -0.1) is 0 Å². The van der Waals surface area contributed by atoms with Crippen molar-refractivity contribution < 1.29 is 18.4 Å². The van der Waals surface area contributed by atoms with E-state index in [1.54, 1.807) is 6.07 Å².